The Kier molecular flexibility index (Phi) is 4.13. The number of rotatable bonds is 2. The average molecular weight is 476 g/mol. The normalized spacial score (nSPS) is 33.8. The van der Waals surface area contributed by atoms with Gasteiger partial charge in [0.1, 0.15) is 0 Å². The first kappa shape index (κ1) is 19.7. The van der Waals surface area contributed by atoms with Gasteiger partial charge in [-0.25, -0.2) is 0 Å². The van der Waals surface area contributed by atoms with Gasteiger partial charge < -0.3 is 4.98 Å². The zero-order valence-corrected chi connectivity index (χ0v) is 19.4. The summed E-state index contributed by atoms with van der Waals surface area (Å²) in [5, 5.41) is 1.13. The van der Waals surface area contributed by atoms with Crippen molar-refractivity contribution in [3.8, 4) is 0 Å². The molecule has 8 heteroatoms. The number of fused-ring (bicyclic) bond motifs is 9. The molecule has 7 rings (SSSR count). The number of benzene rings is 1. The molecule has 2 aliphatic heterocycles. The van der Waals surface area contributed by atoms with Crippen molar-refractivity contribution in [2.24, 2.45) is 29.6 Å². The Morgan fingerprint density at radius 1 is 1.03 bits per heavy atom. The van der Waals surface area contributed by atoms with E-state index in [-0.39, 0.29) is 57.4 Å². The van der Waals surface area contributed by atoms with E-state index in [9.17, 15) is 14.4 Å². The molecule has 2 aromatic heterocycles. The number of hydrogen-bond acceptors (Lipinski definition) is 6. The Balaban J connectivity index is 1.33. The van der Waals surface area contributed by atoms with E-state index in [0.717, 1.165) is 27.5 Å². The molecule has 0 spiro atoms. The third kappa shape index (κ3) is 2.62. The number of aryl methyl sites for hydroxylation is 1. The Morgan fingerprint density at radius 3 is 2.52 bits per heavy atom. The number of carbonyl (C=O) groups is 2. The van der Waals surface area contributed by atoms with Crippen LogP contribution in [0.3, 0.4) is 0 Å². The maximum Gasteiger partial charge on any atom is 0.305 e. The van der Waals surface area contributed by atoms with Gasteiger partial charge in [0.05, 0.1) is 22.5 Å². The highest BCUT2D eigenvalue weighted by Gasteiger charge is 2.69. The number of nitrogens with one attached hydrogen (secondary N) is 1. The molecule has 1 saturated heterocycles. The Labute approximate surface area is 198 Å². The van der Waals surface area contributed by atoms with Gasteiger partial charge in [0, 0.05) is 28.4 Å². The van der Waals surface area contributed by atoms with Gasteiger partial charge in [0.15, 0.2) is 0 Å². The minimum atomic E-state index is -0.276. The first-order chi connectivity index (χ1) is 16.0. The number of aromatic amines is 1. The molecule has 7 atom stereocenters. The van der Waals surface area contributed by atoms with Crippen LogP contribution in [0.15, 0.2) is 58.6 Å². The Hall–Kier alpha value is -2.71. The molecule has 2 bridgehead atoms. The molecular weight excluding hydrogens is 454 g/mol. The van der Waals surface area contributed by atoms with Gasteiger partial charge in [0.2, 0.25) is 11.8 Å². The number of H-pyrrole nitrogens is 1. The maximum absolute atomic E-state index is 13.7. The zero-order valence-electron chi connectivity index (χ0n) is 17.8. The molecule has 2 amide bonds. The van der Waals surface area contributed by atoms with Gasteiger partial charge in [-0.1, -0.05) is 35.1 Å². The van der Waals surface area contributed by atoms with Crippen molar-refractivity contribution in [1.82, 2.24) is 9.97 Å². The van der Waals surface area contributed by atoms with E-state index in [2.05, 4.69) is 16.0 Å². The van der Waals surface area contributed by atoms with Gasteiger partial charge in [-0.15, -0.1) is 11.8 Å². The lowest BCUT2D eigenvalue weighted by molar-refractivity contribution is -0.123. The zero-order chi connectivity index (χ0) is 22.4. The van der Waals surface area contributed by atoms with E-state index >= 15 is 0 Å². The van der Waals surface area contributed by atoms with Crippen LogP contribution < -0.4 is 9.77 Å². The van der Waals surface area contributed by atoms with Crippen LogP contribution in [-0.4, -0.2) is 27.0 Å². The summed E-state index contributed by atoms with van der Waals surface area (Å²) in [6.07, 6.45) is 4.54. The number of thioether (sulfide) groups is 1. The summed E-state index contributed by atoms with van der Waals surface area (Å²) in [7, 11) is 0. The monoisotopic (exact) mass is 475 g/mol. The van der Waals surface area contributed by atoms with E-state index in [1.54, 1.807) is 18.0 Å². The van der Waals surface area contributed by atoms with Crippen molar-refractivity contribution in [2.45, 2.75) is 29.5 Å². The van der Waals surface area contributed by atoms with E-state index in [0.29, 0.717) is 5.69 Å². The molecule has 1 aromatic carbocycles. The van der Waals surface area contributed by atoms with E-state index in [1.807, 2.05) is 43.5 Å². The number of anilines is 1. The highest BCUT2D eigenvalue weighted by Crippen LogP contribution is 2.68. The number of nitrogens with zero attached hydrogens (tertiary/aromatic N) is 2. The number of imide groups is 1. The fourth-order valence-electron chi connectivity index (χ4n) is 6.90. The molecule has 1 N–H and O–H groups in total. The van der Waals surface area contributed by atoms with Gasteiger partial charge in [-0.2, -0.15) is 0 Å². The van der Waals surface area contributed by atoms with Crippen LogP contribution in [0, 0.1) is 36.5 Å². The van der Waals surface area contributed by atoms with E-state index in [1.165, 1.54) is 16.2 Å². The van der Waals surface area contributed by atoms with Crippen molar-refractivity contribution in [1.29, 1.82) is 0 Å². The molecule has 2 saturated carbocycles. The van der Waals surface area contributed by atoms with Crippen LogP contribution in [-0.2, 0) is 9.59 Å². The summed E-state index contributed by atoms with van der Waals surface area (Å²) in [5.74, 6) is -0.153. The second-order valence-corrected chi connectivity index (χ2v) is 11.8. The van der Waals surface area contributed by atoms with Crippen molar-refractivity contribution < 1.29 is 9.59 Å². The number of carbonyl (C=O) groups excluding carboxylic acids is 2. The summed E-state index contributed by atoms with van der Waals surface area (Å²) in [6.45, 7) is 2.00. The summed E-state index contributed by atoms with van der Waals surface area (Å²) in [6, 6.07) is 11.6. The van der Waals surface area contributed by atoms with Crippen LogP contribution in [0.4, 0.5) is 5.69 Å². The lowest BCUT2D eigenvalue weighted by atomic mass is 9.68. The summed E-state index contributed by atoms with van der Waals surface area (Å²) < 4.78 is 0. The molecule has 166 valence electrons. The Morgan fingerprint density at radius 2 is 1.79 bits per heavy atom. The molecule has 6 nitrogen and oxygen atoms in total. The first-order valence-electron chi connectivity index (χ1n) is 11.3. The van der Waals surface area contributed by atoms with E-state index < -0.39 is 0 Å². The molecule has 0 unspecified atom stereocenters. The van der Waals surface area contributed by atoms with E-state index in [4.69, 9.17) is 0 Å². The molecule has 3 fully saturated rings. The predicted octanol–water partition coefficient (Wildman–Crippen LogP) is 3.82. The number of aromatic nitrogens is 2. The minimum absolute atomic E-state index is 0.0242. The van der Waals surface area contributed by atoms with Crippen molar-refractivity contribution in [3.05, 3.63) is 74.5 Å². The van der Waals surface area contributed by atoms with Crippen LogP contribution in [0.1, 0.15) is 28.3 Å². The maximum atomic E-state index is 13.7. The molecular formula is C25H21N3O3S2. The molecule has 4 heterocycles. The highest BCUT2D eigenvalue weighted by molar-refractivity contribution is 8.00. The molecule has 2 aliphatic carbocycles. The Bertz CT molecular complexity index is 1350. The topological polar surface area (TPSA) is 83.1 Å². The van der Waals surface area contributed by atoms with Gasteiger partial charge in [-0.3, -0.25) is 24.3 Å². The van der Waals surface area contributed by atoms with Gasteiger partial charge in [0.25, 0.3) is 0 Å². The van der Waals surface area contributed by atoms with Crippen LogP contribution >= 0.6 is 23.1 Å². The quantitative estimate of drug-likeness (QED) is 0.570. The smallest absolute Gasteiger partial charge is 0.305 e. The SMILES string of the molecule is Cc1ccc(N2C(=O)[C@@H]3[C@@H]4C[C@@H]([C@H]5Sc6[nH]c(=O)sc6[C@H](c6cccnc6)[C@@H]45)[C@@H]3C2=O)cc1. The summed E-state index contributed by atoms with van der Waals surface area (Å²) >= 11 is 2.99. The van der Waals surface area contributed by atoms with Gasteiger partial charge >= 0.3 is 4.87 Å². The first-order valence-corrected chi connectivity index (χ1v) is 13.0. The standard InChI is InChI=1S/C25H21N3O3S2/c1-11-4-6-13(7-5-11)28-23(29)18-14-9-15(19(18)24(28)30)20-17(14)16(12-3-2-8-26-10-12)21-22(32-20)27-25(31)33-21/h2-8,10,14-20H,9H2,1H3,(H,27,31)/t14-,15-,16-,17-,18-,19+,20-/m1/s1. The average Bonchev–Trinajstić information content (AvgIpc) is 3.54. The summed E-state index contributed by atoms with van der Waals surface area (Å²) in [4.78, 5) is 49.3. The third-order valence-electron chi connectivity index (χ3n) is 8.06. The summed E-state index contributed by atoms with van der Waals surface area (Å²) in [5.41, 5.74) is 2.85. The highest BCUT2D eigenvalue weighted by atomic mass is 32.2. The minimum Gasteiger partial charge on any atom is -0.307 e. The van der Waals surface area contributed by atoms with Crippen LogP contribution in [0.2, 0.25) is 0 Å². The second-order valence-electron chi connectivity index (χ2n) is 9.59. The van der Waals surface area contributed by atoms with Gasteiger partial charge in [-0.05, 0) is 54.9 Å². The second kappa shape index (κ2) is 6.90. The van der Waals surface area contributed by atoms with Crippen LogP contribution in [0.25, 0.3) is 0 Å². The number of thiazole rings is 1. The fraction of sp³-hybridized carbons (Fsp3) is 0.360. The van der Waals surface area contributed by atoms with Crippen molar-refractivity contribution in [3.63, 3.8) is 0 Å². The lowest BCUT2D eigenvalue weighted by Gasteiger charge is -2.42. The number of amides is 2. The van der Waals surface area contributed by atoms with Crippen molar-refractivity contribution >= 4 is 40.6 Å². The number of pyridine rings is 1. The van der Waals surface area contributed by atoms with Crippen molar-refractivity contribution in [2.75, 3.05) is 4.90 Å². The predicted molar refractivity (Wildman–Crippen MR) is 126 cm³/mol. The molecule has 33 heavy (non-hydrogen) atoms. The molecule has 0 radical (unpaired) electrons. The third-order valence-corrected chi connectivity index (χ3v) is 10.6. The fourth-order valence-corrected chi connectivity index (χ4v) is 9.79. The molecule has 3 aromatic rings. The number of hydrogen-bond donors (Lipinski definition) is 1. The van der Waals surface area contributed by atoms with Crippen LogP contribution in [0.5, 0.6) is 0 Å². The largest absolute Gasteiger partial charge is 0.307 e. The lowest BCUT2D eigenvalue weighted by Crippen LogP contribution is -2.42. The molecule has 4 aliphatic rings.